The molecule has 0 saturated carbocycles. The lowest BCUT2D eigenvalue weighted by molar-refractivity contribution is 0.0979. The Labute approximate surface area is 112 Å². The number of hydrogen-bond acceptors (Lipinski definition) is 2. The van der Waals surface area contributed by atoms with Crippen molar-refractivity contribution >= 4 is 35.6 Å². The summed E-state index contributed by atoms with van der Waals surface area (Å²) in [6.07, 6.45) is -0.598. The third-order valence-corrected chi connectivity index (χ3v) is 2.76. The van der Waals surface area contributed by atoms with E-state index in [4.69, 9.17) is 28.9 Å². The van der Waals surface area contributed by atoms with E-state index in [0.717, 1.165) is 5.56 Å². The van der Waals surface area contributed by atoms with Crippen LogP contribution < -0.4 is 5.73 Å². The molecule has 0 aliphatic heterocycles. The molecule has 16 heavy (non-hydrogen) atoms. The summed E-state index contributed by atoms with van der Waals surface area (Å²) in [6, 6.07) is 4.63. The van der Waals surface area contributed by atoms with Gasteiger partial charge in [0.25, 0.3) is 0 Å². The molecule has 2 atom stereocenters. The van der Waals surface area contributed by atoms with Crippen molar-refractivity contribution in [1.82, 2.24) is 0 Å². The zero-order valence-corrected chi connectivity index (χ0v) is 11.5. The van der Waals surface area contributed by atoms with Crippen LogP contribution in [0.3, 0.4) is 0 Å². The molecule has 0 saturated heterocycles. The Bertz CT molecular complexity index is 324. The molecule has 0 aliphatic rings. The van der Waals surface area contributed by atoms with Crippen LogP contribution in [0.25, 0.3) is 0 Å². The molecule has 1 rings (SSSR count). The SMILES string of the molecule is CC(C)[C@@H](O)[C@@H](N)c1cc(Cl)cc(Cl)c1.Cl. The van der Waals surface area contributed by atoms with E-state index in [1.807, 2.05) is 13.8 Å². The highest BCUT2D eigenvalue weighted by Gasteiger charge is 2.20. The first kappa shape index (κ1) is 16.0. The Kier molecular flexibility index (Phi) is 6.68. The lowest BCUT2D eigenvalue weighted by Gasteiger charge is -2.22. The second-order valence-electron chi connectivity index (χ2n) is 3.96. The Morgan fingerprint density at radius 2 is 1.56 bits per heavy atom. The number of aliphatic hydroxyl groups is 1. The average molecular weight is 285 g/mol. The van der Waals surface area contributed by atoms with E-state index >= 15 is 0 Å². The lowest BCUT2D eigenvalue weighted by Crippen LogP contribution is -2.30. The maximum absolute atomic E-state index is 9.82. The van der Waals surface area contributed by atoms with Crippen LogP contribution in [0, 0.1) is 5.92 Å². The number of halogens is 3. The van der Waals surface area contributed by atoms with Crippen molar-refractivity contribution in [3.8, 4) is 0 Å². The molecule has 0 spiro atoms. The summed E-state index contributed by atoms with van der Waals surface area (Å²) < 4.78 is 0. The molecule has 1 aromatic carbocycles. The summed E-state index contributed by atoms with van der Waals surface area (Å²) >= 11 is 11.7. The molecule has 3 N–H and O–H groups in total. The van der Waals surface area contributed by atoms with Crippen LogP contribution in [0.2, 0.25) is 10.0 Å². The maximum Gasteiger partial charge on any atom is 0.0755 e. The summed E-state index contributed by atoms with van der Waals surface area (Å²) in [5.74, 6) is 0.0951. The smallest absolute Gasteiger partial charge is 0.0755 e. The van der Waals surface area contributed by atoms with Crippen molar-refractivity contribution in [1.29, 1.82) is 0 Å². The predicted octanol–water partition coefficient (Wildman–Crippen LogP) is 3.43. The van der Waals surface area contributed by atoms with Crippen molar-refractivity contribution in [3.05, 3.63) is 33.8 Å². The minimum absolute atomic E-state index is 0. The van der Waals surface area contributed by atoms with Crippen LogP contribution in [0.1, 0.15) is 25.5 Å². The van der Waals surface area contributed by atoms with Gasteiger partial charge < -0.3 is 10.8 Å². The van der Waals surface area contributed by atoms with Gasteiger partial charge in [-0.1, -0.05) is 37.0 Å². The summed E-state index contributed by atoms with van der Waals surface area (Å²) in [5.41, 5.74) is 6.67. The van der Waals surface area contributed by atoms with Crippen LogP contribution in [0.4, 0.5) is 0 Å². The highest BCUT2D eigenvalue weighted by molar-refractivity contribution is 6.34. The fourth-order valence-corrected chi connectivity index (χ4v) is 1.92. The third-order valence-electron chi connectivity index (χ3n) is 2.32. The van der Waals surface area contributed by atoms with Gasteiger partial charge in [-0.05, 0) is 29.7 Å². The fourth-order valence-electron chi connectivity index (χ4n) is 1.38. The molecule has 2 nitrogen and oxygen atoms in total. The lowest BCUT2D eigenvalue weighted by atomic mass is 9.94. The predicted molar refractivity (Wildman–Crippen MR) is 71.5 cm³/mol. The van der Waals surface area contributed by atoms with Crippen LogP contribution in [0.5, 0.6) is 0 Å². The average Bonchev–Trinajstić information content (AvgIpc) is 2.13. The van der Waals surface area contributed by atoms with Crippen molar-refractivity contribution in [2.24, 2.45) is 11.7 Å². The number of hydrogen-bond donors (Lipinski definition) is 2. The van der Waals surface area contributed by atoms with Crippen molar-refractivity contribution in [3.63, 3.8) is 0 Å². The topological polar surface area (TPSA) is 46.2 Å². The van der Waals surface area contributed by atoms with Crippen LogP contribution in [-0.4, -0.2) is 11.2 Å². The summed E-state index contributed by atoms with van der Waals surface area (Å²) in [4.78, 5) is 0. The second kappa shape index (κ2) is 6.67. The van der Waals surface area contributed by atoms with Crippen LogP contribution in [0.15, 0.2) is 18.2 Å². The van der Waals surface area contributed by atoms with Crippen molar-refractivity contribution in [2.75, 3.05) is 0 Å². The second-order valence-corrected chi connectivity index (χ2v) is 4.84. The molecule has 0 bridgehead atoms. The Hall–Kier alpha value is 0.01000. The quantitative estimate of drug-likeness (QED) is 0.893. The molecule has 0 aromatic heterocycles. The molecular weight excluding hydrogens is 268 g/mol. The molecule has 0 amide bonds. The van der Waals surface area contributed by atoms with Gasteiger partial charge in [-0.2, -0.15) is 0 Å². The van der Waals surface area contributed by atoms with Gasteiger partial charge >= 0.3 is 0 Å². The summed E-state index contributed by atoms with van der Waals surface area (Å²) in [7, 11) is 0. The van der Waals surface area contributed by atoms with E-state index in [-0.39, 0.29) is 18.3 Å². The minimum Gasteiger partial charge on any atom is -0.391 e. The van der Waals surface area contributed by atoms with E-state index < -0.39 is 12.1 Å². The molecular formula is C11H16Cl3NO. The highest BCUT2D eigenvalue weighted by Crippen LogP contribution is 2.26. The maximum atomic E-state index is 9.82. The minimum atomic E-state index is -0.598. The van der Waals surface area contributed by atoms with E-state index in [2.05, 4.69) is 0 Å². The summed E-state index contributed by atoms with van der Waals surface area (Å²) in [5, 5.41) is 10.9. The number of aliphatic hydroxyl groups excluding tert-OH is 1. The summed E-state index contributed by atoms with van der Waals surface area (Å²) in [6.45, 7) is 3.83. The zero-order chi connectivity index (χ0) is 11.6. The monoisotopic (exact) mass is 283 g/mol. The van der Waals surface area contributed by atoms with Crippen LogP contribution in [-0.2, 0) is 0 Å². The Morgan fingerprint density at radius 1 is 1.12 bits per heavy atom. The number of benzene rings is 1. The van der Waals surface area contributed by atoms with Gasteiger partial charge in [0.2, 0.25) is 0 Å². The number of nitrogens with two attached hydrogens (primary N) is 1. The molecule has 0 heterocycles. The Morgan fingerprint density at radius 3 is 1.94 bits per heavy atom. The Balaban J connectivity index is 0.00000225. The molecule has 5 heteroatoms. The van der Waals surface area contributed by atoms with Crippen molar-refractivity contribution in [2.45, 2.75) is 26.0 Å². The van der Waals surface area contributed by atoms with E-state index in [9.17, 15) is 5.11 Å². The molecule has 0 radical (unpaired) electrons. The first-order valence-corrected chi connectivity index (χ1v) is 5.57. The van der Waals surface area contributed by atoms with E-state index in [0.29, 0.717) is 10.0 Å². The normalized spacial score (nSPS) is 14.4. The standard InChI is InChI=1S/C11H15Cl2NO.ClH/c1-6(2)11(15)10(14)7-3-8(12)5-9(13)4-7;/h3-6,10-11,15H,14H2,1-2H3;1H/t10-,11+;/m0./s1. The van der Waals surface area contributed by atoms with Gasteiger partial charge in [0, 0.05) is 10.0 Å². The molecule has 0 fully saturated rings. The molecule has 0 unspecified atom stereocenters. The molecule has 0 aliphatic carbocycles. The van der Waals surface area contributed by atoms with Gasteiger partial charge in [0.05, 0.1) is 12.1 Å². The van der Waals surface area contributed by atoms with E-state index in [1.54, 1.807) is 18.2 Å². The molecule has 1 aromatic rings. The van der Waals surface area contributed by atoms with Gasteiger partial charge in [-0.3, -0.25) is 0 Å². The van der Waals surface area contributed by atoms with Gasteiger partial charge in [0.1, 0.15) is 0 Å². The number of rotatable bonds is 3. The van der Waals surface area contributed by atoms with Gasteiger partial charge in [-0.15, -0.1) is 12.4 Å². The van der Waals surface area contributed by atoms with Crippen molar-refractivity contribution < 1.29 is 5.11 Å². The van der Waals surface area contributed by atoms with Crippen LogP contribution >= 0.6 is 35.6 Å². The highest BCUT2D eigenvalue weighted by atomic mass is 35.5. The zero-order valence-electron chi connectivity index (χ0n) is 9.15. The molecule has 92 valence electrons. The van der Waals surface area contributed by atoms with E-state index in [1.165, 1.54) is 0 Å². The van der Waals surface area contributed by atoms with Gasteiger partial charge in [0.15, 0.2) is 0 Å². The third kappa shape index (κ3) is 4.11. The van der Waals surface area contributed by atoms with Gasteiger partial charge in [-0.25, -0.2) is 0 Å². The fraction of sp³-hybridized carbons (Fsp3) is 0.455. The first-order chi connectivity index (χ1) is 6.91. The first-order valence-electron chi connectivity index (χ1n) is 4.81. The largest absolute Gasteiger partial charge is 0.391 e.